The van der Waals surface area contributed by atoms with Crippen LogP contribution < -0.4 is 0 Å². The quantitative estimate of drug-likeness (QED) is 0.860. The fraction of sp³-hybridized carbons (Fsp3) is 0.368. The van der Waals surface area contributed by atoms with Gasteiger partial charge in [-0.15, -0.1) is 0 Å². The highest BCUT2D eigenvalue weighted by molar-refractivity contribution is 6.31. The van der Waals surface area contributed by atoms with E-state index in [2.05, 4.69) is 16.0 Å². The summed E-state index contributed by atoms with van der Waals surface area (Å²) < 4.78 is 0. The van der Waals surface area contributed by atoms with Gasteiger partial charge in [0.25, 0.3) is 5.91 Å². The molecule has 4 rings (SSSR count). The first kappa shape index (κ1) is 15.6. The molecule has 2 fully saturated rings. The van der Waals surface area contributed by atoms with Gasteiger partial charge in [-0.05, 0) is 30.2 Å². The maximum absolute atomic E-state index is 12.6. The fourth-order valence-corrected chi connectivity index (χ4v) is 4.12. The first-order valence-electron chi connectivity index (χ1n) is 8.30. The normalized spacial score (nSPS) is 19.5. The molecule has 0 atom stereocenters. The lowest BCUT2D eigenvalue weighted by Crippen LogP contribution is -2.57. The second-order valence-corrected chi connectivity index (χ2v) is 7.36. The van der Waals surface area contributed by atoms with Gasteiger partial charge in [0.15, 0.2) is 0 Å². The molecule has 2 aromatic rings. The lowest BCUT2D eigenvalue weighted by atomic mass is 9.79. The molecule has 1 amide bonds. The minimum atomic E-state index is 0.124. The van der Waals surface area contributed by atoms with Crippen LogP contribution in [0.25, 0.3) is 0 Å². The first-order valence-corrected chi connectivity index (χ1v) is 8.68. The number of aromatic nitrogens is 1. The first-order chi connectivity index (χ1) is 11.7. The Labute approximate surface area is 147 Å². The summed E-state index contributed by atoms with van der Waals surface area (Å²) in [5.41, 5.74) is 2.18. The van der Waals surface area contributed by atoms with Crippen molar-refractivity contribution in [2.24, 2.45) is 5.41 Å². The van der Waals surface area contributed by atoms with Crippen molar-refractivity contribution in [3.8, 4) is 0 Å². The molecule has 0 bridgehead atoms. The molecular weight excluding hydrogens is 322 g/mol. The predicted molar refractivity (Wildman–Crippen MR) is 93.9 cm³/mol. The van der Waals surface area contributed by atoms with Crippen LogP contribution in [0.5, 0.6) is 0 Å². The van der Waals surface area contributed by atoms with Crippen molar-refractivity contribution in [1.82, 2.24) is 14.8 Å². The minimum Gasteiger partial charge on any atom is -0.338 e. The van der Waals surface area contributed by atoms with Crippen LogP contribution in [-0.2, 0) is 6.54 Å². The summed E-state index contributed by atoms with van der Waals surface area (Å²) in [4.78, 5) is 20.9. The second-order valence-electron chi connectivity index (χ2n) is 6.95. The number of rotatable bonds is 3. The molecule has 2 aliphatic heterocycles. The van der Waals surface area contributed by atoms with Gasteiger partial charge in [0, 0.05) is 61.1 Å². The molecular formula is C19H20ClN3O. The zero-order valence-electron chi connectivity index (χ0n) is 13.5. The largest absolute Gasteiger partial charge is 0.338 e. The fourth-order valence-electron chi connectivity index (χ4n) is 3.93. The molecule has 0 saturated carbocycles. The molecule has 4 nitrogen and oxygen atoms in total. The van der Waals surface area contributed by atoms with Crippen LogP contribution >= 0.6 is 11.6 Å². The standard InChI is InChI=1S/C19H20ClN3O/c20-17-4-2-1-3-16(17)11-22-12-19(13-22)7-10-23(14-19)18(24)15-5-8-21-9-6-15/h1-6,8-9H,7,10-14H2. The average molecular weight is 342 g/mol. The van der Waals surface area contributed by atoms with Gasteiger partial charge >= 0.3 is 0 Å². The zero-order chi connectivity index (χ0) is 16.6. The van der Waals surface area contributed by atoms with Crippen LogP contribution in [0.1, 0.15) is 22.3 Å². The number of pyridine rings is 1. The molecule has 0 N–H and O–H groups in total. The zero-order valence-corrected chi connectivity index (χ0v) is 14.2. The summed E-state index contributed by atoms with van der Waals surface area (Å²) in [7, 11) is 0. The summed E-state index contributed by atoms with van der Waals surface area (Å²) in [5.74, 6) is 0.124. The van der Waals surface area contributed by atoms with Gasteiger partial charge in [-0.2, -0.15) is 0 Å². The van der Waals surface area contributed by atoms with E-state index in [1.165, 1.54) is 5.56 Å². The third kappa shape index (κ3) is 2.92. The van der Waals surface area contributed by atoms with Crippen LogP contribution in [0, 0.1) is 5.41 Å². The number of halogens is 1. The van der Waals surface area contributed by atoms with E-state index < -0.39 is 0 Å². The van der Waals surface area contributed by atoms with E-state index in [1.54, 1.807) is 24.5 Å². The third-order valence-corrected chi connectivity index (χ3v) is 5.49. The molecule has 3 heterocycles. The van der Waals surface area contributed by atoms with Gasteiger partial charge in [0.1, 0.15) is 0 Å². The SMILES string of the molecule is O=C(c1ccncc1)N1CCC2(CN(Cc3ccccc3Cl)C2)C1. The molecule has 1 aromatic heterocycles. The second kappa shape index (κ2) is 6.19. The van der Waals surface area contributed by atoms with Crippen molar-refractivity contribution in [1.29, 1.82) is 0 Å². The Morgan fingerprint density at radius 1 is 1.12 bits per heavy atom. The maximum Gasteiger partial charge on any atom is 0.253 e. The number of carbonyl (C=O) groups is 1. The summed E-state index contributed by atoms with van der Waals surface area (Å²) in [6.45, 7) is 4.67. The topological polar surface area (TPSA) is 36.4 Å². The molecule has 124 valence electrons. The Bertz CT molecular complexity index is 743. The Morgan fingerprint density at radius 2 is 1.88 bits per heavy atom. The van der Waals surface area contributed by atoms with Crippen molar-refractivity contribution in [3.05, 3.63) is 64.9 Å². The predicted octanol–water partition coefficient (Wildman–Crippen LogP) is 3.08. The number of amides is 1. The van der Waals surface area contributed by atoms with E-state index in [9.17, 15) is 4.79 Å². The number of nitrogens with zero attached hydrogens (tertiary/aromatic N) is 3. The Hall–Kier alpha value is -1.91. The lowest BCUT2D eigenvalue weighted by Gasteiger charge is -2.48. The van der Waals surface area contributed by atoms with E-state index in [4.69, 9.17) is 11.6 Å². The molecule has 0 unspecified atom stereocenters. The molecule has 1 aromatic carbocycles. The van der Waals surface area contributed by atoms with Crippen molar-refractivity contribution < 1.29 is 4.79 Å². The summed E-state index contributed by atoms with van der Waals surface area (Å²) in [6, 6.07) is 11.6. The van der Waals surface area contributed by atoms with E-state index in [1.807, 2.05) is 23.1 Å². The summed E-state index contributed by atoms with van der Waals surface area (Å²) >= 11 is 6.25. The van der Waals surface area contributed by atoms with Crippen LogP contribution in [0.2, 0.25) is 5.02 Å². The van der Waals surface area contributed by atoms with Gasteiger partial charge in [-0.1, -0.05) is 29.8 Å². The number of hydrogen-bond donors (Lipinski definition) is 0. The van der Waals surface area contributed by atoms with Gasteiger partial charge in [0.2, 0.25) is 0 Å². The Morgan fingerprint density at radius 3 is 2.62 bits per heavy atom. The van der Waals surface area contributed by atoms with Crippen LogP contribution in [-0.4, -0.2) is 46.9 Å². The minimum absolute atomic E-state index is 0.124. The van der Waals surface area contributed by atoms with Gasteiger partial charge in [-0.3, -0.25) is 14.7 Å². The average Bonchev–Trinajstić information content (AvgIpc) is 3.02. The van der Waals surface area contributed by atoms with E-state index in [-0.39, 0.29) is 11.3 Å². The molecule has 5 heteroatoms. The lowest BCUT2D eigenvalue weighted by molar-refractivity contribution is 0.00262. The van der Waals surface area contributed by atoms with Gasteiger partial charge < -0.3 is 4.90 Å². The van der Waals surface area contributed by atoms with Crippen molar-refractivity contribution in [2.45, 2.75) is 13.0 Å². The number of hydrogen-bond acceptors (Lipinski definition) is 3. The molecule has 2 aliphatic rings. The molecule has 1 spiro atoms. The van der Waals surface area contributed by atoms with E-state index >= 15 is 0 Å². The van der Waals surface area contributed by atoms with Crippen LogP contribution in [0.3, 0.4) is 0 Å². The van der Waals surface area contributed by atoms with E-state index in [0.29, 0.717) is 0 Å². The van der Waals surface area contributed by atoms with E-state index in [0.717, 1.165) is 49.7 Å². The molecule has 0 aliphatic carbocycles. The number of benzene rings is 1. The molecule has 0 radical (unpaired) electrons. The highest BCUT2D eigenvalue weighted by Gasteiger charge is 2.48. The van der Waals surface area contributed by atoms with Crippen molar-refractivity contribution >= 4 is 17.5 Å². The van der Waals surface area contributed by atoms with Gasteiger partial charge in [0.05, 0.1) is 0 Å². The monoisotopic (exact) mass is 341 g/mol. The van der Waals surface area contributed by atoms with Crippen molar-refractivity contribution in [2.75, 3.05) is 26.2 Å². The summed E-state index contributed by atoms with van der Waals surface area (Å²) in [5, 5.41) is 0.833. The Balaban J connectivity index is 1.35. The molecule has 2 saturated heterocycles. The molecule has 24 heavy (non-hydrogen) atoms. The van der Waals surface area contributed by atoms with Gasteiger partial charge in [-0.25, -0.2) is 0 Å². The maximum atomic E-state index is 12.6. The number of carbonyl (C=O) groups excluding carboxylic acids is 1. The highest BCUT2D eigenvalue weighted by atomic mass is 35.5. The number of likely N-dealkylation sites (tertiary alicyclic amines) is 2. The third-order valence-electron chi connectivity index (χ3n) is 5.12. The summed E-state index contributed by atoms with van der Waals surface area (Å²) in [6.07, 6.45) is 4.43. The Kier molecular flexibility index (Phi) is 4.02. The van der Waals surface area contributed by atoms with Crippen LogP contribution in [0.15, 0.2) is 48.8 Å². The van der Waals surface area contributed by atoms with Crippen LogP contribution in [0.4, 0.5) is 0 Å². The smallest absolute Gasteiger partial charge is 0.253 e. The van der Waals surface area contributed by atoms with Crippen molar-refractivity contribution in [3.63, 3.8) is 0 Å². The highest BCUT2D eigenvalue weighted by Crippen LogP contribution is 2.40.